The lowest BCUT2D eigenvalue weighted by Crippen LogP contribution is -2.49. The van der Waals surface area contributed by atoms with E-state index in [4.69, 9.17) is 26.8 Å². The fraction of sp³-hybridized carbons (Fsp3) is 0.396. The largest absolute Gasteiger partial charge is 0.494 e. The van der Waals surface area contributed by atoms with E-state index >= 15 is 8.78 Å². The average molecular weight is 909 g/mol. The molecule has 0 spiro atoms. The molecule has 5 amide bonds. The van der Waals surface area contributed by atoms with Crippen LogP contribution in [0.3, 0.4) is 0 Å². The zero-order chi connectivity index (χ0) is 45.7. The predicted molar refractivity (Wildman–Crippen MR) is 242 cm³/mol. The van der Waals surface area contributed by atoms with Gasteiger partial charge in [0, 0.05) is 91.7 Å². The molecule has 2 saturated heterocycles. The lowest BCUT2D eigenvalue weighted by Gasteiger charge is -2.38. The summed E-state index contributed by atoms with van der Waals surface area (Å²) in [4.78, 5) is 54.5. The molecule has 65 heavy (non-hydrogen) atoms. The van der Waals surface area contributed by atoms with Crippen molar-refractivity contribution in [3.8, 4) is 22.6 Å². The van der Waals surface area contributed by atoms with Gasteiger partial charge in [-0.3, -0.25) is 29.3 Å². The van der Waals surface area contributed by atoms with Crippen LogP contribution in [0.5, 0.6) is 11.5 Å². The second-order valence-electron chi connectivity index (χ2n) is 17.5. The number of urea groups is 1. The van der Waals surface area contributed by atoms with Gasteiger partial charge < -0.3 is 30.7 Å². The van der Waals surface area contributed by atoms with Gasteiger partial charge in [-0.15, -0.1) is 0 Å². The maximum absolute atomic E-state index is 16.2. The SMILES string of the molecule is COc1ccc(C(N)=O)c(-c2c(Cl)c(F)cc3c2C(C)C(CNC2CCC(C(=O)N4CCC(Nc5cccc6c(N7CCC(=O)NC7=O)nn(C)c56)CC4)CC2)(c2ccccc2)O3)c1F. The summed E-state index contributed by atoms with van der Waals surface area (Å²) < 4.78 is 45.8. The van der Waals surface area contributed by atoms with Crippen molar-refractivity contribution in [2.45, 2.75) is 75.5 Å². The van der Waals surface area contributed by atoms with Crippen molar-refractivity contribution in [2.24, 2.45) is 18.7 Å². The molecule has 1 saturated carbocycles. The van der Waals surface area contributed by atoms with Gasteiger partial charge in [0.25, 0.3) is 0 Å². The summed E-state index contributed by atoms with van der Waals surface area (Å²) in [6, 6.07) is 19.0. The Morgan fingerprint density at radius 3 is 2.40 bits per heavy atom. The van der Waals surface area contributed by atoms with Gasteiger partial charge in [0.2, 0.25) is 17.7 Å². The topological polar surface area (TPSA) is 173 Å². The molecule has 4 aromatic carbocycles. The second-order valence-corrected chi connectivity index (χ2v) is 17.9. The molecule has 1 aromatic heterocycles. The van der Waals surface area contributed by atoms with Crippen LogP contribution < -0.4 is 36.1 Å². The molecule has 17 heteroatoms. The molecule has 0 bridgehead atoms. The highest BCUT2D eigenvalue weighted by Gasteiger charge is 2.50. The lowest BCUT2D eigenvalue weighted by molar-refractivity contribution is -0.137. The van der Waals surface area contributed by atoms with Crippen molar-refractivity contribution in [3.63, 3.8) is 0 Å². The number of nitrogens with zero attached hydrogens (tertiary/aromatic N) is 4. The third-order valence-corrected chi connectivity index (χ3v) is 14.2. The molecule has 340 valence electrons. The minimum atomic E-state index is -1.08. The van der Waals surface area contributed by atoms with Crippen molar-refractivity contribution < 1.29 is 37.4 Å². The van der Waals surface area contributed by atoms with Gasteiger partial charge in [0.05, 0.1) is 28.9 Å². The van der Waals surface area contributed by atoms with E-state index in [0.29, 0.717) is 43.9 Å². The Kier molecular flexibility index (Phi) is 11.9. The Bertz CT molecular complexity index is 2700. The number of benzene rings is 4. The fourth-order valence-electron chi connectivity index (χ4n) is 10.3. The van der Waals surface area contributed by atoms with Crippen LogP contribution in [0.2, 0.25) is 5.02 Å². The Hall–Kier alpha value is -6.26. The first kappa shape index (κ1) is 44.0. The number of nitrogens with one attached hydrogen (secondary N) is 3. The molecule has 14 nitrogen and oxygen atoms in total. The molecule has 5 N–H and O–H groups in total. The zero-order valence-corrected chi connectivity index (χ0v) is 37.1. The number of anilines is 2. The Morgan fingerprint density at radius 1 is 0.969 bits per heavy atom. The number of amides is 5. The van der Waals surface area contributed by atoms with E-state index < -0.39 is 35.1 Å². The Morgan fingerprint density at radius 2 is 1.71 bits per heavy atom. The van der Waals surface area contributed by atoms with Gasteiger partial charge in [-0.05, 0) is 68.4 Å². The number of imide groups is 1. The maximum Gasteiger partial charge on any atom is 0.329 e. The summed E-state index contributed by atoms with van der Waals surface area (Å²) >= 11 is 6.69. The van der Waals surface area contributed by atoms with Crippen molar-refractivity contribution in [1.29, 1.82) is 0 Å². The highest BCUT2D eigenvalue weighted by Crippen LogP contribution is 2.56. The van der Waals surface area contributed by atoms with E-state index in [1.807, 2.05) is 67.4 Å². The molecule has 4 aliphatic rings. The number of primary amides is 1. The van der Waals surface area contributed by atoms with Gasteiger partial charge in [-0.25, -0.2) is 13.6 Å². The van der Waals surface area contributed by atoms with Gasteiger partial charge >= 0.3 is 6.03 Å². The van der Waals surface area contributed by atoms with E-state index in [1.165, 1.54) is 30.2 Å². The van der Waals surface area contributed by atoms with Crippen molar-refractivity contribution in [3.05, 3.63) is 100 Å². The van der Waals surface area contributed by atoms with Crippen molar-refractivity contribution >= 4 is 57.8 Å². The monoisotopic (exact) mass is 908 g/mol. The third-order valence-electron chi connectivity index (χ3n) is 13.8. The Balaban J connectivity index is 0.854. The number of fused-ring (bicyclic) bond motifs is 2. The predicted octanol–water partition coefficient (Wildman–Crippen LogP) is 7.37. The van der Waals surface area contributed by atoms with E-state index in [9.17, 15) is 19.2 Å². The first-order valence-corrected chi connectivity index (χ1v) is 22.5. The first-order chi connectivity index (χ1) is 31.3. The summed E-state index contributed by atoms with van der Waals surface area (Å²) in [5, 5.41) is 14.9. The molecular weight excluding hydrogens is 858 g/mol. The summed E-state index contributed by atoms with van der Waals surface area (Å²) in [5.74, 6) is -2.86. The number of ether oxygens (including phenoxy) is 2. The van der Waals surface area contributed by atoms with Crippen molar-refractivity contribution in [2.75, 3.05) is 43.5 Å². The highest BCUT2D eigenvalue weighted by atomic mass is 35.5. The molecule has 3 fully saturated rings. The standard InChI is InChI=1S/C48H51ClF2N8O6/c1-26-38-36(24-33(50)41(49)40(38)39-31(44(52)61)16-17-35(64-3)42(39)51)65-48(26,28-8-5-4-6-9-28)25-53-29-14-12-27(13-15-29)46(62)58-21-18-30(19-22-58)54-34-11-7-10-32-43(34)57(2)56-45(32)59-23-20-37(60)55-47(59)63/h4-11,16-17,24,26-27,29-30,53-54H,12-15,18-23,25H2,1-3H3,(H2,52,61)(H,55,60,63). The maximum atomic E-state index is 16.2. The average Bonchev–Trinajstić information content (AvgIpc) is 3.79. The van der Waals surface area contributed by atoms with E-state index in [0.717, 1.165) is 47.8 Å². The number of hydrogen-bond acceptors (Lipinski definition) is 9. The molecular formula is C48H51ClF2N8O6. The number of nitrogens with two attached hydrogens (primary N) is 1. The fourth-order valence-corrected chi connectivity index (χ4v) is 10.6. The number of carbonyl (C=O) groups is 4. The molecule has 0 radical (unpaired) electrons. The number of aromatic nitrogens is 2. The summed E-state index contributed by atoms with van der Waals surface area (Å²) in [5.41, 5.74) is 7.21. The van der Waals surface area contributed by atoms with E-state index in [2.05, 4.69) is 21.0 Å². The van der Waals surface area contributed by atoms with Crippen LogP contribution in [0.25, 0.3) is 22.0 Å². The highest BCUT2D eigenvalue weighted by molar-refractivity contribution is 6.34. The summed E-state index contributed by atoms with van der Waals surface area (Å²) in [6.07, 6.45) is 4.70. The minimum Gasteiger partial charge on any atom is -0.494 e. The molecule has 3 aliphatic heterocycles. The molecule has 1 aliphatic carbocycles. The minimum absolute atomic E-state index is 0.0132. The molecule has 9 rings (SSSR count). The quantitative estimate of drug-likeness (QED) is 0.106. The van der Waals surface area contributed by atoms with Crippen LogP contribution in [-0.4, -0.2) is 83.8 Å². The van der Waals surface area contributed by atoms with Crippen LogP contribution in [0.4, 0.5) is 25.1 Å². The van der Waals surface area contributed by atoms with E-state index in [1.54, 1.807) is 4.68 Å². The first-order valence-electron chi connectivity index (χ1n) is 22.1. The third kappa shape index (κ3) is 7.90. The summed E-state index contributed by atoms with van der Waals surface area (Å²) in [7, 11) is 3.13. The number of hydrogen-bond donors (Lipinski definition) is 4. The number of piperidine rings is 1. The molecule has 5 aromatic rings. The number of aryl methyl sites for hydroxylation is 1. The van der Waals surface area contributed by atoms with Crippen LogP contribution in [-0.2, 0) is 22.2 Å². The van der Waals surface area contributed by atoms with Gasteiger partial charge in [0.15, 0.2) is 23.0 Å². The second kappa shape index (κ2) is 17.6. The normalized spacial score (nSPS) is 22.4. The van der Waals surface area contributed by atoms with Crippen molar-refractivity contribution in [1.82, 2.24) is 25.3 Å². The smallest absolute Gasteiger partial charge is 0.329 e. The van der Waals surface area contributed by atoms with Gasteiger partial charge in [-0.1, -0.05) is 54.9 Å². The van der Waals surface area contributed by atoms with E-state index in [-0.39, 0.29) is 76.0 Å². The van der Waals surface area contributed by atoms with Crippen LogP contribution in [0.15, 0.2) is 66.7 Å². The molecule has 2 atom stereocenters. The van der Waals surface area contributed by atoms with Gasteiger partial charge in [0.1, 0.15) is 11.6 Å². The Labute approximate surface area is 379 Å². The van der Waals surface area contributed by atoms with Gasteiger partial charge in [-0.2, -0.15) is 5.10 Å². The zero-order valence-electron chi connectivity index (χ0n) is 36.4. The lowest BCUT2D eigenvalue weighted by atomic mass is 9.77. The number of likely N-dealkylation sites (tertiary alicyclic amines) is 1. The molecule has 2 unspecified atom stereocenters. The number of carbonyl (C=O) groups excluding carboxylic acids is 4. The summed E-state index contributed by atoms with van der Waals surface area (Å²) in [6.45, 7) is 3.75. The van der Waals surface area contributed by atoms with Crippen LogP contribution >= 0.6 is 11.6 Å². The van der Waals surface area contributed by atoms with Crippen LogP contribution in [0, 0.1) is 17.6 Å². The number of halogens is 3. The number of para-hydroxylation sites is 1. The number of methoxy groups -OCH3 is 1. The number of rotatable bonds is 11. The molecule has 4 heterocycles. The van der Waals surface area contributed by atoms with Crippen LogP contribution in [0.1, 0.15) is 79.3 Å².